The largest absolute Gasteiger partial charge is 0.497 e. The number of ether oxygens (including phenoxy) is 6. The van der Waals surface area contributed by atoms with E-state index in [1.807, 2.05) is 98.8 Å². The normalized spacial score (nSPS) is 17.8. The van der Waals surface area contributed by atoms with Crippen LogP contribution >= 0.6 is 0 Å². The van der Waals surface area contributed by atoms with Gasteiger partial charge in [0, 0.05) is 33.0 Å². The summed E-state index contributed by atoms with van der Waals surface area (Å²) in [5, 5.41) is 13.2. The van der Waals surface area contributed by atoms with Crippen molar-refractivity contribution in [1.82, 2.24) is 19.1 Å². The van der Waals surface area contributed by atoms with Gasteiger partial charge in [-0.3, -0.25) is 14.4 Å². The molecule has 0 aliphatic carbocycles. The predicted molar refractivity (Wildman–Crippen MR) is 284 cm³/mol. The van der Waals surface area contributed by atoms with E-state index in [-0.39, 0.29) is 61.1 Å². The van der Waals surface area contributed by atoms with Crippen molar-refractivity contribution in [3.05, 3.63) is 173 Å². The van der Waals surface area contributed by atoms with Crippen LogP contribution in [0.2, 0.25) is 0 Å². The van der Waals surface area contributed by atoms with Crippen molar-refractivity contribution in [2.45, 2.75) is 117 Å². The molecule has 12 rings (SSSR count). The van der Waals surface area contributed by atoms with Gasteiger partial charge in [-0.2, -0.15) is 0 Å². The Balaban J connectivity index is 0.825. The number of esters is 2. The third kappa shape index (κ3) is 7.64. The summed E-state index contributed by atoms with van der Waals surface area (Å²) in [5.74, 6) is 1.63. The van der Waals surface area contributed by atoms with Crippen LogP contribution in [-0.4, -0.2) is 43.3 Å². The van der Waals surface area contributed by atoms with Crippen LogP contribution in [0.1, 0.15) is 109 Å². The zero-order valence-corrected chi connectivity index (χ0v) is 43.3. The lowest BCUT2D eigenvalue weighted by atomic mass is 9.76. The molecule has 0 amide bonds. The number of pyridine rings is 4. The quantitative estimate of drug-likeness (QED) is 0.102. The number of benzene rings is 4. The van der Waals surface area contributed by atoms with E-state index in [0.29, 0.717) is 73.2 Å². The highest BCUT2D eigenvalue weighted by atomic mass is 16.6. The van der Waals surface area contributed by atoms with Crippen molar-refractivity contribution < 1.29 is 43.1 Å². The molecule has 0 unspecified atom stereocenters. The fourth-order valence-corrected chi connectivity index (χ4v) is 11.6. The zero-order valence-electron chi connectivity index (χ0n) is 43.3. The number of aromatic nitrogens is 4. The molecule has 0 bridgehead atoms. The molecule has 4 aliphatic heterocycles. The van der Waals surface area contributed by atoms with E-state index in [2.05, 4.69) is 13.8 Å². The van der Waals surface area contributed by atoms with E-state index in [4.69, 9.17) is 38.4 Å². The molecule has 8 heterocycles. The molecular formula is C61H56N4O11. The van der Waals surface area contributed by atoms with Gasteiger partial charge in [0.2, 0.25) is 0 Å². The predicted octanol–water partition coefficient (Wildman–Crippen LogP) is 9.41. The second-order valence-corrected chi connectivity index (χ2v) is 20.2. The first kappa shape index (κ1) is 48.6. The van der Waals surface area contributed by atoms with Crippen molar-refractivity contribution in [2.75, 3.05) is 7.11 Å². The van der Waals surface area contributed by atoms with E-state index in [9.17, 15) is 24.3 Å². The fraction of sp³-hybridized carbons (Fsp3) is 0.311. The van der Waals surface area contributed by atoms with Crippen LogP contribution in [0.4, 0.5) is 0 Å². The number of carbonyl (C=O) groups is 2. The SMILES string of the molecule is CCc1c2c(nc3ccc(OCc4cc(COc5ccc6nc7c(c(CC)c6c5)Cn5c-7cc6c(c5=O)COC(=O)[C@]6(O)CC)ccc4OCc4ccc(OC)cc4)cc13)-c1cc3c(c(=O)n1C2)COC(=O)[C@]3(C)CC. The van der Waals surface area contributed by atoms with Crippen molar-refractivity contribution in [3.8, 4) is 45.8 Å². The Morgan fingerprint density at radius 2 is 1.11 bits per heavy atom. The monoisotopic (exact) mass is 1020 g/mol. The average molecular weight is 1020 g/mol. The molecule has 0 fully saturated rings. The van der Waals surface area contributed by atoms with E-state index >= 15 is 0 Å². The molecule has 8 aromatic rings. The fourth-order valence-electron chi connectivity index (χ4n) is 11.6. The summed E-state index contributed by atoms with van der Waals surface area (Å²) in [6.07, 6.45) is 1.94. The Labute approximate surface area is 437 Å². The summed E-state index contributed by atoms with van der Waals surface area (Å²) in [7, 11) is 1.64. The van der Waals surface area contributed by atoms with E-state index in [1.54, 1.807) is 29.2 Å². The molecular weight excluding hydrogens is 965 g/mol. The van der Waals surface area contributed by atoms with Gasteiger partial charge in [0.1, 0.15) is 56.0 Å². The molecule has 1 N–H and O–H groups in total. The number of cyclic esters (lactones) is 2. The van der Waals surface area contributed by atoms with E-state index < -0.39 is 17.0 Å². The Hall–Kier alpha value is -8.30. The van der Waals surface area contributed by atoms with Crippen molar-refractivity contribution in [1.29, 1.82) is 0 Å². The minimum Gasteiger partial charge on any atom is -0.497 e. The maximum Gasteiger partial charge on any atom is 0.343 e. The van der Waals surface area contributed by atoms with Crippen molar-refractivity contribution in [2.24, 2.45) is 0 Å². The smallest absolute Gasteiger partial charge is 0.343 e. The summed E-state index contributed by atoms with van der Waals surface area (Å²) in [6.45, 7) is 10.9. The van der Waals surface area contributed by atoms with Gasteiger partial charge in [-0.1, -0.05) is 45.9 Å². The molecule has 386 valence electrons. The highest BCUT2D eigenvalue weighted by Crippen LogP contribution is 2.44. The van der Waals surface area contributed by atoms with E-state index in [0.717, 1.165) is 83.5 Å². The van der Waals surface area contributed by atoms with Gasteiger partial charge in [0.25, 0.3) is 11.1 Å². The average Bonchev–Trinajstić information content (AvgIpc) is 4.05. The Bertz CT molecular complexity index is 3900. The summed E-state index contributed by atoms with van der Waals surface area (Å²) >= 11 is 0. The van der Waals surface area contributed by atoms with Crippen LogP contribution in [0.25, 0.3) is 44.6 Å². The molecule has 4 aliphatic rings. The molecule has 0 spiro atoms. The van der Waals surface area contributed by atoms with Gasteiger partial charge < -0.3 is 42.7 Å². The number of nitrogens with zero attached hydrogens (tertiary/aromatic N) is 4. The maximum absolute atomic E-state index is 14.1. The molecule has 76 heavy (non-hydrogen) atoms. The molecule has 15 heteroatoms. The van der Waals surface area contributed by atoms with Gasteiger partial charge >= 0.3 is 11.9 Å². The van der Waals surface area contributed by atoms with Crippen molar-refractivity contribution >= 4 is 33.7 Å². The number of rotatable bonds is 14. The molecule has 4 aromatic carbocycles. The lowest BCUT2D eigenvalue weighted by Gasteiger charge is -2.33. The number of aliphatic hydroxyl groups is 1. The van der Waals surface area contributed by atoms with Crippen LogP contribution < -0.4 is 30.1 Å². The van der Waals surface area contributed by atoms with Gasteiger partial charge in [-0.25, -0.2) is 14.8 Å². The molecule has 0 saturated heterocycles. The van der Waals surface area contributed by atoms with Crippen LogP contribution in [0.3, 0.4) is 0 Å². The first-order chi connectivity index (χ1) is 36.8. The highest BCUT2D eigenvalue weighted by Gasteiger charge is 2.46. The van der Waals surface area contributed by atoms with Crippen LogP contribution in [-0.2, 0) is 89.0 Å². The maximum atomic E-state index is 14.1. The molecule has 4 aromatic heterocycles. The number of carbonyl (C=O) groups excluding carboxylic acids is 2. The van der Waals surface area contributed by atoms with Gasteiger partial charge in [0.15, 0.2) is 5.60 Å². The molecule has 0 saturated carbocycles. The number of hydrogen-bond donors (Lipinski definition) is 1. The Morgan fingerprint density at radius 1 is 0.579 bits per heavy atom. The van der Waals surface area contributed by atoms with Crippen LogP contribution in [0.15, 0.2) is 101 Å². The zero-order chi connectivity index (χ0) is 52.8. The Kier molecular flexibility index (Phi) is 11.8. The third-order valence-electron chi connectivity index (χ3n) is 16.2. The van der Waals surface area contributed by atoms with Gasteiger partial charge in [-0.05, 0) is 133 Å². The summed E-state index contributed by atoms with van der Waals surface area (Å²) in [6, 6.07) is 29.1. The highest BCUT2D eigenvalue weighted by molar-refractivity contribution is 5.92. The number of hydrogen-bond acceptors (Lipinski definition) is 13. The van der Waals surface area contributed by atoms with Gasteiger partial charge in [-0.15, -0.1) is 0 Å². The van der Waals surface area contributed by atoms with E-state index in [1.165, 1.54) is 0 Å². The minimum atomic E-state index is -1.91. The number of aryl methyl sites for hydroxylation is 2. The lowest BCUT2D eigenvalue weighted by Crippen LogP contribution is -2.44. The Morgan fingerprint density at radius 3 is 1.67 bits per heavy atom. The second-order valence-electron chi connectivity index (χ2n) is 20.2. The summed E-state index contributed by atoms with van der Waals surface area (Å²) < 4.78 is 39.2. The second kappa shape index (κ2) is 18.5. The minimum absolute atomic E-state index is 0.0364. The third-order valence-corrected chi connectivity index (χ3v) is 16.2. The van der Waals surface area contributed by atoms with Crippen LogP contribution in [0, 0.1) is 0 Å². The van der Waals surface area contributed by atoms with Crippen molar-refractivity contribution in [3.63, 3.8) is 0 Å². The molecule has 2 atom stereocenters. The summed E-state index contributed by atoms with van der Waals surface area (Å²) in [5.41, 5.74) is 9.47. The lowest BCUT2D eigenvalue weighted by molar-refractivity contribution is -0.172. The number of fused-ring (bicyclic) bond motifs is 10. The first-order valence-electron chi connectivity index (χ1n) is 25.9. The number of methoxy groups -OCH3 is 1. The van der Waals surface area contributed by atoms with Gasteiger partial charge in [0.05, 0.1) is 70.6 Å². The summed E-state index contributed by atoms with van der Waals surface area (Å²) in [4.78, 5) is 63.9. The van der Waals surface area contributed by atoms with Crippen LogP contribution in [0.5, 0.6) is 23.0 Å². The molecule has 15 nitrogen and oxygen atoms in total. The molecule has 0 radical (unpaired) electrons. The first-order valence-corrected chi connectivity index (χ1v) is 25.9. The topological polar surface area (TPSA) is 180 Å². The standard InChI is InChI=1S/C61H56N4O11/c1-7-39-41-22-37(16-18-49(41)63-55-44(39)27-65-52(55)25-48-46(57(65)67)32-76-59(69)61(48,70)10-4)72-29-34-13-20-53(74-28-33-11-14-36(71-6)15-12-33)35(21-34)30-73-38-17-19-50-42(23-38)40(8-2)43-26-64-51(54(43)62-50)24-47-45(56(64)66)31-75-58(68)60(47,5)9-3/h11-25,70H,7-10,26-32H2,1-6H3/t60-,61+/m1/s1.